The van der Waals surface area contributed by atoms with Crippen LogP contribution in [0.2, 0.25) is 0 Å². The minimum atomic E-state index is -0.527. The van der Waals surface area contributed by atoms with E-state index in [2.05, 4.69) is 25.3 Å². The van der Waals surface area contributed by atoms with Crippen LogP contribution in [0.15, 0.2) is 122 Å². The number of hydrogen-bond acceptors (Lipinski definition) is 9. The molecule has 6 rings (SSSR count). The molecule has 47 heavy (non-hydrogen) atoms. The van der Waals surface area contributed by atoms with Crippen LogP contribution in [0.4, 0.5) is 0 Å². The van der Waals surface area contributed by atoms with Gasteiger partial charge in [-0.25, -0.2) is 9.78 Å². The molecule has 0 unspecified atom stereocenters. The molecule has 1 aromatic carbocycles. The van der Waals surface area contributed by atoms with Crippen molar-refractivity contribution in [3.63, 3.8) is 0 Å². The monoisotopic (exact) mass is 622 g/mol. The second-order valence-corrected chi connectivity index (χ2v) is 10.3. The van der Waals surface area contributed by atoms with Crippen LogP contribution in [-0.2, 0) is 4.74 Å². The molecule has 232 valence electrons. The fourth-order valence-corrected chi connectivity index (χ4v) is 4.91. The Hall–Kier alpha value is -6.29. The summed E-state index contributed by atoms with van der Waals surface area (Å²) in [6, 6.07) is 29.5. The number of nitrogens with one attached hydrogen (secondary N) is 1. The second-order valence-electron chi connectivity index (χ2n) is 10.3. The van der Waals surface area contributed by atoms with Crippen LogP contribution in [0.5, 0.6) is 5.75 Å². The molecule has 1 N–H and O–H groups in total. The maximum absolute atomic E-state index is 12.8. The molecule has 0 fully saturated rings. The molecular formula is C37H30N6O4. The molecule has 0 saturated carbocycles. The molecule has 6 aromatic rings. The van der Waals surface area contributed by atoms with Gasteiger partial charge in [0, 0.05) is 36.9 Å². The van der Waals surface area contributed by atoms with E-state index < -0.39 is 5.97 Å². The van der Waals surface area contributed by atoms with Gasteiger partial charge in [-0.2, -0.15) is 0 Å². The van der Waals surface area contributed by atoms with E-state index in [0.29, 0.717) is 58.3 Å². The normalized spacial score (nSPS) is 10.7. The summed E-state index contributed by atoms with van der Waals surface area (Å²) < 4.78 is 11.3. The third-order valence-electron chi connectivity index (χ3n) is 7.22. The molecule has 5 heterocycles. The van der Waals surface area contributed by atoms with E-state index in [4.69, 9.17) is 14.5 Å². The van der Waals surface area contributed by atoms with Crippen LogP contribution >= 0.6 is 0 Å². The summed E-state index contributed by atoms with van der Waals surface area (Å²) in [6.45, 7) is 0.572. The first-order valence-corrected chi connectivity index (χ1v) is 15.0. The second kappa shape index (κ2) is 14.7. The minimum absolute atomic E-state index is 0.226. The van der Waals surface area contributed by atoms with Gasteiger partial charge in [0.25, 0.3) is 5.91 Å². The van der Waals surface area contributed by atoms with Crippen LogP contribution in [0.25, 0.3) is 45.3 Å². The average Bonchev–Trinajstić information content (AvgIpc) is 3.15. The van der Waals surface area contributed by atoms with Gasteiger partial charge in [0.2, 0.25) is 0 Å². The van der Waals surface area contributed by atoms with Crippen LogP contribution < -0.4 is 10.1 Å². The van der Waals surface area contributed by atoms with Crippen molar-refractivity contribution < 1.29 is 19.1 Å². The smallest absolute Gasteiger partial charge is 0.341 e. The van der Waals surface area contributed by atoms with Crippen molar-refractivity contribution >= 4 is 11.9 Å². The van der Waals surface area contributed by atoms with E-state index >= 15 is 0 Å². The standard InChI is InChI=1S/C37H30N6O4/c1-46-37(45)28-11-8-10-27(26-22-33(30-13-3-6-18-39-30)43-34(23-26)31-14-4-7-19-40-31)35(28)47-21-9-20-41-36(44)25-15-16-32(42-24-25)29-12-2-5-17-38-29/h2-8,10-19,22-24H,9,20-21H2,1H3,(H,41,44). The van der Waals surface area contributed by atoms with Gasteiger partial charge in [-0.1, -0.05) is 30.3 Å². The lowest BCUT2D eigenvalue weighted by Crippen LogP contribution is -2.25. The lowest BCUT2D eigenvalue weighted by molar-refractivity contribution is 0.0596. The molecule has 0 aliphatic rings. The summed E-state index contributed by atoms with van der Waals surface area (Å²) in [6.07, 6.45) is 7.13. The van der Waals surface area contributed by atoms with E-state index in [0.717, 1.165) is 11.3 Å². The Balaban J connectivity index is 1.21. The third-order valence-corrected chi connectivity index (χ3v) is 7.22. The largest absolute Gasteiger partial charge is 0.492 e. The maximum atomic E-state index is 12.8. The van der Waals surface area contributed by atoms with Gasteiger partial charge >= 0.3 is 5.97 Å². The van der Waals surface area contributed by atoms with Crippen molar-refractivity contribution in [2.24, 2.45) is 0 Å². The van der Waals surface area contributed by atoms with E-state index in [9.17, 15) is 9.59 Å². The lowest BCUT2D eigenvalue weighted by Gasteiger charge is -2.17. The van der Waals surface area contributed by atoms with Crippen molar-refractivity contribution in [2.45, 2.75) is 6.42 Å². The van der Waals surface area contributed by atoms with E-state index in [-0.39, 0.29) is 18.1 Å². The first-order valence-electron chi connectivity index (χ1n) is 15.0. The zero-order chi connectivity index (χ0) is 32.4. The highest BCUT2D eigenvalue weighted by Crippen LogP contribution is 2.37. The molecular weight excluding hydrogens is 592 g/mol. The van der Waals surface area contributed by atoms with E-state index in [1.54, 1.807) is 42.9 Å². The van der Waals surface area contributed by atoms with Crippen LogP contribution in [0, 0.1) is 0 Å². The van der Waals surface area contributed by atoms with E-state index in [1.165, 1.54) is 13.3 Å². The molecule has 10 nitrogen and oxygen atoms in total. The number of amides is 1. The zero-order valence-corrected chi connectivity index (χ0v) is 25.5. The van der Waals surface area contributed by atoms with Crippen molar-refractivity contribution in [3.8, 4) is 51.0 Å². The van der Waals surface area contributed by atoms with Gasteiger partial charge in [0.05, 0.1) is 53.4 Å². The topological polar surface area (TPSA) is 129 Å². The Labute approximate surface area is 271 Å². The number of rotatable bonds is 11. The average molecular weight is 623 g/mol. The molecule has 0 atom stereocenters. The molecule has 0 spiro atoms. The fraction of sp³-hybridized carbons (Fsp3) is 0.108. The van der Waals surface area contributed by atoms with Crippen LogP contribution in [0.3, 0.4) is 0 Å². The number of hydrogen-bond donors (Lipinski definition) is 1. The number of benzene rings is 1. The summed E-state index contributed by atoms with van der Waals surface area (Å²) in [5.74, 6) is -0.410. The summed E-state index contributed by atoms with van der Waals surface area (Å²) in [5.41, 5.74) is 6.24. The number of methoxy groups -OCH3 is 1. The SMILES string of the molecule is COC(=O)c1cccc(-c2cc(-c3ccccn3)nc(-c3ccccn3)c2)c1OCCCNC(=O)c1ccc(-c2ccccn2)nc1. The molecule has 0 saturated heterocycles. The third kappa shape index (κ3) is 7.34. The highest BCUT2D eigenvalue weighted by molar-refractivity contribution is 5.96. The highest BCUT2D eigenvalue weighted by atomic mass is 16.5. The number of nitrogens with zero attached hydrogens (tertiary/aromatic N) is 5. The Morgan fingerprint density at radius 1 is 0.681 bits per heavy atom. The number of aromatic nitrogens is 5. The Bertz CT molecular complexity index is 1910. The number of para-hydroxylation sites is 1. The quantitative estimate of drug-likeness (QED) is 0.130. The van der Waals surface area contributed by atoms with E-state index in [1.807, 2.05) is 72.8 Å². The van der Waals surface area contributed by atoms with Crippen LogP contribution in [-0.4, -0.2) is 57.1 Å². The molecule has 1 amide bonds. The number of carbonyl (C=O) groups excluding carboxylic acids is 2. The first kappa shape index (κ1) is 30.7. The zero-order valence-electron chi connectivity index (χ0n) is 25.5. The first-order chi connectivity index (χ1) is 23.1. The minimum Gasteiger partial charge on any atom is -0.492 e. The Morgan fingerprint density at radius 3 is 1.85 bits per heavy atom. The molecule has 0 aliphatic heterocycles. The van der Waals surface area contributed by atoms with Gasteiger partial charge in [-0.15, -0.1) is 0 Å². The maximum Gasteiger partial charge on any atom is 0.341 e. The fourth-order valence-electron chi connectivity index (χ4n) is 4.91. The Morgan fingerprint density at radius 2 is 1.30 bits per heavy atom. The predicted molar refractivity (Wildman–Crippen MR) is 177 cm³/mol. The molecule has 0 aliphatic carbocycles. The van der Waals surface area contributed by atoms with Gasteiger partial charge in [0.1, 0.15) is 11.3 Å². The number of ether oxygens (including phenoxy) is 2. The highest BCUT2D eigenvalue weighted by Gasteiger charge is 2.20. The van der Waals surface area contributed by atoms with Gasteiger partial charge in [-0.3, -0.25) is 24.7 Å². The summed E-state index contributed by atoms with van der Waals surface area (Å²) in [5, 5.41) is 2.90. The van der Waals surface area contributed by atoms with Gasteiger partial charge < -0.3 is 14.8 Å². The van der Waals surface area contributed by atoms with Gasteiger partial charge in [0.15, 0.2) is 0 Å². The molecule has 0 bridgehead atoms. The van der Waals surface area contributed by atoms with Crippen molar-refractivity contribution in [2.75, 3.05) is 20.3 Å². The number of esters is 1. The summed E-state index contributed by atoms with van der Waals surface area (Å²) in [7, 11) is 1.33. The Kier molecular flexibility index (Phi) is 9.58. The molecule has 5 aromatic heterocycles. The van der Waals surface area contributed by atoms with Crippen molar-refractivity contribution in [1.29, 1.82) is 0 Å². The summed E-state index contributed by atoms with van der Waals surface area (Å²) in [4.78, 5) is 48.1. The summed E-state index contributed by atoms with van der Waals surface area (Å²) >= 11 is 0. The van der Waals surface area contributed by atoms with Crippen LogP contribution in [0.1, 0.15) is 27.1 Å². The number of pyridine rings is 5. The number of carbonyl (C=O) groups is 2. The van der Waals surface area contributed by atoms with Crippen molar-refractivity contribution in [3.05, 3.63) is 133 Å². The predicted octanol–water partition coefficient (Wildman–Crippen LogP) is 6.32. The molecule has 10 heteroatoms. The van der Waals surface area contributed by atoms with Gasteiger partial charge in [-0.05, 0) is 78.7 Å². The van der Waals surface area contributed by atoms with Crippen molar-refractivity contribution in [1.82, 2.24) is 30.2 Å². The lowest BCUT2D eigenvalue weighted by atomic mass is 9.99. The molecule has 0 radical (unpaired) electrons.